The van der Waals surface area contributed by atoms with Crippen LogP contribution in [0.25, 0.3) is 0 Å². The first-order chi connectivity index (χ1) is 9.75. The van der Waals surface area contributed by atoms with Gasteiger partial charge < -0.3 is 4.90 Å². The number of hydrogen-bond donors (Lipinski definition) is 0. The molecule has 1 amide bonds. The van der Waals surface area contributed by atoms with Gasteiger partial charge in [-0.2, -0.15) is 11.3 Å². The van der Waals surface area contributed by atoms with Crippen molar-refractivity contribution in [3.63, 3.8) is 0 Å². The summed E-state index contributed by atoms with van der Waals surface area (Å²) in [7, 11) is 0. The lowest BCUT2D eigenvalue weighted by Crippen LogP contribution is -2.56. The third-order valence-electron chi connectivity index (χ3n) is 4.70. The van der Waals surface area contributed by atoms with Crippen molar-refractivity contribution in [3.05, 3.63) is 35.0 Å². The van der Waals surface area contributed by atoms with Gasteiger partial charge in [-0.1, -0.05) is 6.08 Å². The molecule has 20 heavy (non-hydrogen) atoms. The van der Waals surface area contributed by atoms with Crippen molar-refractivity contribution in [3.8, 4) is 0 Å². The maximum absolute atomic E-state index is 12.6. The van der Waals surface area contributed by atoms with Crippen molar-refractivity contribution in [2.75, 3.05) is 26.2 Å². The van der Waals surface area contributed by atoms with E-state index < -0.39 is 0 Å². The topological polar surface area (TPSA) is 23.6 Å². The summed E-state index contributed by atoms with van der Waals surface area (Å²) in [5, 5.41) is 3.94. The molecule has 2 fully saturated rings. The molecule has 1 aromatic heterocycles. The molecule has 2 saturated heterocycles. The van der Waals surface area contributed by atoms with Crippen molar-refractivity contribution >= 4 is 17.2 Å². The van der Waals surface area contributed by atoms with E-state index in [1.807, 2.05) is 22.9 Å². The van der Waals surface area contributed by atoms with E-state index >= 15 is 0 Å². The fourth-order valence-corrected chi connectivity index (χ4v) is 4.38. The molecule has 2 aliphatic rings. The number of thiophene rings is 1. The van der Waals surface area contributed by atoms with Crippen LogP contribution in [0, 0.1) is 0 Å². The van der Waals surface area contributed by atoms with E-state index in [1.54, 1.807) is 11.3 Å². The molecule has 108 valence electrons. The van der Waals surface area contributed by atoms with Crippen LogP contribution in [0.1, 0.15) is 36.0 Å². The Morgan fingerprint density at radius 2 is 2.20 bits per heavy atom. The lowest BCUT2D eigenvalue weighted by atomic mass is 9.86. The van der Waals surface area contributed by atoms with Crippen molar-refractivity contribution in [1.29, 1.82) is 0 Å². The summed E-state index contributed by atoms with van der Waals surface area (Å²) in [5.41, 5.74) is 1.05. The molecule has 3 nitrogen and oxygen atoms in total. The van der Waals surface area contributed by atoms with Crippen LogP contribution < -0.4 is 0 Å². The molecule has 3 heterocycles. The SMILES string of the molecule is C=CCN1CCCC12CCCN(C(=O)c1ccsc1)C2. The maximum Gasteiger partial charge on any atom is 0.254 e. The number of nitrogens with zero attached hydrogens (tertiary/aromatic N) is 2. The smallest absolute Gasteiger partial charge is 0.254 e. The summed E-state index contributed by atoms with van der Waals surface area (Å²) < 4.78 is 0. The molecule has 1 aromatic rings. The highest BCUT2D eigenvalue weighted by Crippen LogP contribution is 2.37. The third-order valence-corrected chi connectivity index (χ3v) is 5.38. The summed E-state index contributed by atoms with van der Waals surface area (Å²) in [6, 6.07) is 1.93. The van der Waals surface area contributed by atoms with Gasteiger partial charge in [-0.05, 0) is 43.7 Å². The third kappa shape index (κ3) is 2.42. The van der Waals surface area contributed by atoms with E-state index in [0.29, 0.717) is 0 Å². The van der Waals surface area contributed by atoms with Crippen LogP contribution in [0.15, 0.2) is 29.5 Å². The van der Waals surface area contributed by atoms with Crippen LogP contribution in [0.4, 0.5) is 0 Å². The van der Waals surface area contributed by atoms with E-state index in [4.69, 9.17) is 0 Å². The van der Waals surface area contributed by atoms with Crippen LogP contribution in [0.3, 0.4) is 0 Å². The minimum Gasteiger partial charge on any atom is -0.337 e. The number of carbonyl (C=O) groups is 1. The van der Waals surface area contributed by atoms with E-state index in [9.17, 15) is 4.79 Å². The van der Waals surface area contributed by atoms with Gasteiger partial charge in [0.25, 0.3) is 5.91 Å². The highest BCUT2D eigenvalue weighted by atomic mass is 32.1. The second-order valence-electron chi connectivity index (χ2n) is 5.90. The fraction of sp³-hybridized carbons (Fsp3) is 0.562. The zero-order valence-corrected chi connectivity index (χ0v) is 12.7. The standard InChI is InChI=1S/C16H22N2OS/c1-2-8-18-10-4-7-16(18)6-3-9-17(13-16)15(19)14-5-11-20-12-14/h2,5,11-12H,1,3-4,6-10,13H2. The lowest BCUT2D eigenvalue weighted by molar-refractivity contribution is 0.0367. The predicted molar refractivity (Wildman–Crippen MR) is 83.2 cm³/mol. The Kier molecular flexibility index (Phi) is 3.94. The van der Waals surface area contributed by atoms with Gasteiger partial charge >= 0.3 is 0 Å². The van der Waals surface area contributed by atoms with Crippen molar-refractivity contribution in [2.45, 2.75) is 31.2 Å². The van der Waals surface area contributed by atoms with Gasteiger partial charge in [-0.15, -0.1) is 6.58 Å². The van der Waals surface area contributed by atoms with Gasteiger partial charge in [0.1, 0.15) is 0 Å². The number of rotatable bonds is 3. The molecular formula is C16H22N2OS. The summed E-state index contributed by atoms with van der Waals surface area (Å²) in [6.45, 7) is 7.75. The molecule has 1 spiro atoms. The van der Waals surface area contributed by atoms with Crippen LogP contribution >= 0.6 is 11.3 Å². The summed E-state index contributed by atoms with van der Waals surface area (Å²) in [4.78, 5) is 17.2. The Bertz CT molecular complexity index is 485. The van der Waals surface area contributed by atoms with E-state index in [2.05, 4.69) is 16.4 Å². The highest BCUT2D eigenvalue weighted by molar-refractivity contribution is 7.08. The van der Waals surface area contributed by atoms with Crippen molar-refractivity contribution in [2.24, 2.45) is 0 Å². The normalized spacial score (nSPS) is 27.1. The largest absolute Gasteiger partial charge is 0.337 e. The summed E-state index contributed by atoms with van der Waals surface area (Å²) >= 11 is 1.59. The first-order valence-electron chi connectivity index (χ1n) is 7.43. The average molecular weight is 290 g/mol. The molecule has 0 N–H and O–H groups in total. The minimum atomic E-state index is 0.204. The van der Waals surface area contributed by atoms with Crippen LogP contribution in [0.5, 0.6) is 0 Å². The van der Waals surface area contributed by atoms with Crippen molar-refractivity contribution in [1.82, 2.24) is 9.80 Å². The second kappa shape index (κ2) is 5.70. The Morgan fingerprint density at radius 3 is 2.90 bits per heavy atom. The number of hydrogen-bond acceptors (Lipinski definition) is 3. The van der Waals surface area contributed by atoms with E-state index in [1.165, 1.54) is 19.3 Å². The first kappa shape index (κ1) is 13.8. The molecule has 0 saturated carbocycles. The van der Waals surface area contributed by atoms with Gasteiger partial charge in [-0.25, -0.2) is 0 Å². The maximum atomic E-state index is 12.6. The number of carbonyl (C=O) groups excluding carboxylic acids is 1. The van der Waals surface area contributed by atoms with Crippen LogP contribution in [-0.4, -0.2) is 47.4 Å². The average Bonchev–Trinajstić information content (AvgIpc) is 3.10. The highest BCUT2D eigenvalue weighted by Gasteiger charge is 2.44. The molecule has 0 radical (unpaired) electrons. The van der Waals surface area contributed by atoms with E-state index in [-0.39, 0.29) is 11.4 Å². The number of piperidine rings is 1. The molecule has 0 aromatic carbocycles. The number of amides is 1. The summed E-state index contributed by atoms with van der Waals surface area (Å²) in [6.07, 6.45) is 6.78. The van der Waals surface area contributed by atoms with E-state index in [0.717, 1.165) is 38.2 Å². The van der Waals surface area contributed by atoms with Gasteiger partial charge in [0.2, 0.25) is 0 Å². The Labute approximate surface area is 124 Å². The predicted octanol–water partition coefficient (Wildman–Crippen LogP) is 3.00. The molecule has 1 unspecified atom stereocenters. The van der Waals surface area contributed by atoms with Gasteiger partial charge in [-0.3, -0.25) is 9.69 Å². The van der Waals surface area contributed by atoms with Crippen LogP contribution in [0.2, 0.25) is 0 Å². The Balaban J connectivity index is 1.76. The second-order valence-corrected chi connectivity index (χ2v) is 6.68. The fourth-order valence-electron chi connectivity index (χ4n) is 3.75. The molecule has 0 bridgehead atoms. The van der Waals surface area contributed by atoms with Gasteiger partial charge in [0.05, 0.1) is 5.56 Å². The molecule has 1 atom stereocenters. The molecule has 3 rings (SSSR count). The molecule has 2 aliphatic heterocycles. The van der Waals surface area contributed by atoms with Crippen LogP contribution in [-0.2, 0) is 0 Å². The monoisotopic (exact) mass is 290 g/mol. The zero-order valence-electron chi connectivity index (χ0n) is 11.9. The molecule has 4 heteroatoms. The number of likely N-dealkylation sites (tertiary alicyclic amines) is 2. The van der Waals surface area contributed by atoms with Gasteiger partial charge in [0.15, 0.2) is 0 Å². The lowest BCUT2D eigenvalue weighted by Gasteiger charge is -2.45. The first-order valence-corrected chi connectivity index (χ1v) is 8.37. The molecule has 0 aliphatic carbocycles. The minimum absolute atomic E-state index is 0.204. The summed E-state index contributed by atoms with van der Waals surface area (Å²) in [5.74, 6) is 0.204. The quantitative estimate of drug-likeness (QED) is 0.799. The Hall–Kier alpha value is -1.13. The van der Waals surface area contributed by atoms with Crippen molar-refractivity contribution < 1.29 is 4.79 Å². The van der Waals surface area contributed by atoms with Gasteiger partial charge in [0, 0.05) is 30.6 Å². The Morgan fingerprint density at radius 1 is 1.40 bits per heavy atom. The molecular weight excluding hydrogens is 268 g/mol. The zero-order chi connectivity index (χ0) is 14.0.